The highest BCUT2D eigenvalue weighted by Gasteiger charge is 2.19. The predicted octanol–water partition coefficient (Wildman–Crippen LogP) is 8.06. The molecule has 0 aliphatic heterocycles. The van der Waals surface area contributed by atoms with E-state index in [-0.39, 0.29) is 11.8 Å². The number of carbonyl (C=O) groups is 1. The lowest BCUT2D eigenvalue weighted by molar-refractivity contribution is -0.117. The van der Waals surface area contributed by atoms with E-state index < -0.39 is 0 Å². The summed E-state index contributed by atoms with van der Waals surface area (Å²) in [5, 5.41) is 5.50. The fraction of sp³-hybridized carbons (Fsp3) is 0.147. The minimum atomic E-state index is -0.303. The Bertz CT molecular complexity index is 1520. The first-order valence-corrected chi connectivity index (χ1v) is 12.7. The first kappa shape index (κ1) is 24.3. The molecule has 0 saturated heterocycles. The zero-order valence-electron chi connectivity index (χ0n) is 21.3. The first-order chi connectivity index (χ1) is 18.1. The van der Waals surface area contributed by atoms with E-state index in [1.165, 1.54) is 5.56 Å². The summed E-state index contributed by atoms with van der Waals surface area (Å²) in [6, 6.07) is 38.9. The fourth-order valence-electron chi connectivity index (χ4n) is 4.69. The van der Waals surface area contributed by atoms with E-state index in [1.54, 1.807) is 0 Å². The molecule has 5 aromatic carbocycles. The molecule has 1 amide bonds. The maximum atomic E-state index is 13.6. The van der Waals surface area contributed by atoms with Crippen LogP contribution in [0.1, 0.15) is 40.7 Å². The molecule has 3 nitrogen and oxygen atoms in total. The van der Waals surface area contributed by atoms with Gasteiger partial charge in [-0.25, -0.2) is 0 Å². The van der Waals surface area contributed by atoms with Crippen LogP contribution in [0.15, 0.2) is 115 Å². The number of rotatable bonds is 8. The number of benzene rings is 5. The second-order valence-corrected chi connectivity index (χ2v) is 9.49. The number of amides is 1. The van der Waals surface area contributed by atoms with Gasteiger partial charge < -0.3 is 10.1 Å². The second-order valence-electron chi connectivity index (χ2n) is 9.49. The minimum absolute atomic E-state index is 0.0253. The lowest BCUT2D eigenvalue weighted by Gasteiger charge is -2.18. The Balaban J connectivity index is 1.42. The summed E-state index contributed by atoms with van der Waals surface area (Å²) in [6.45, 7) is 4.44. The number of hydrogen-bond donors (Lipinski definition) is 1. The van der Waals surface area contributed by atoms with Crippen molar-refractivity contribution in [3.05, 3.63) is 143 Å². The van der Waals surface area contributed by atoms with Crippen LogP contribution in [0.4, 0.5) is 5.69 Å². The van der Waals surface area contributed by atoms with Gasteiger partial charge >= 0.3 is 0 Å². The second kappa shape index (κ2) is 11.1. The van der Waals surface area contributed by atoms with Gasteiger partial charge in [0.15, 0.2) is 0 Å². The smallest absolute Gasteiger partial charge is 0.231 e. The van der Waals surface area contributed by atoms with E-state index in [4.69, 9.17) is 4.74 Å². The van der Waals surface area contributed by atoms with Gasteiger partial charge in [0, 0.05) is 5.69 Å². The number of nitrogens with one attached hydrogen (secondary N) is 1. The molecule has 0 heterocycles. The Morgan fingerprint density at radius 1 is 0.784 bits per heavy atom. The number of fused-ring (bicyclic) bond motifs is 1. The van der Waals surface area contributed by atoms with Crippen molar-refractivity contribution in [2.45, 2.75) is 32.8 Å². The molecule has 0 radical (unpaired) electrons. The van der Waals surface area contributed by atoms with Crippen molar-refractivity contribution in [2.24, 2.45) is 0 Å². The lowest BCUT2D eigenvalue weighted by Crippen LogP contribution is -2.20. The molecule has 184 valence electrons. The summed E-state index contributed by atoms with van der Waals surface area (Å²) < 4.78 is 6.09. The standard InChI is InChI=1S/C34H31NO2/c1-24-11-6-9-18-33(24)37-23-27-19-20-29(21-26-12-4-3-5-13-26)32(22-27)35-34(36)25(2)30-17-10-15-28-14-7-8-16-31(28)30/h3-20,22,25H,21,23H2,1-2H3,(H,35,36). The Morgan fingerprint density at radius 2 is 1.51 bits per heavy atom. The fourth-order valence-corrected chi connectivity index (χ4v) is 4.69. The van der Waals surface area contributed by atoms with Crippen molar-refractivity contribution in [2.75, 3.05) is 5.32 Å². The van der Waals surface area contributed by atoms with Crippen LogP contribution < -0.4 is 10.1 Å². The number of para-hydroxylation sites is 1. The highest BCUT2D eigenvalue weighted by molar-refractivity contribution is 5.99. The van der Waals surface area contributed by atoms with Gasteiger partial charge in [0.25, 0.3) is 0 Å². The molecular formula is C34H31NO2. The average Bonchev–Trinajstić information content (AvgIpc) is 2.93. The maximum Gasteiger partial charge on any atom is 0.231 e. The van der Waals surface area contributed by atoms with Gasteiger partial charge in [0.1, 0.15) is 12.4 Å². The summed E-state index contributed by atoms with van der Waals surface area (Å²) in [6.07, 6.45) is 0.734. The van der Waals surface area contributed by atoms with Gasteiger partial charge in [-0.15, -0.1) is 0 Å². The molecule has 5 rings (SSSR count). The molecule has 1 atom stereocenters. The lowest BCUT2D eigenvalue weighted by atomic mass is 9.93. The van der Waals surface area contributed by atoms with Crippen LogP contribution >= 0.6 is 0 Å². The van der Waals surface area contributed by atoms with Crippen LogP contribution in [-0.4, -0.2) is 5.91 Å². The number of ether oxygens (including phenoxy) is 1. The van der Waals surface area contributed by atoms with Crippen LogP contribution in [0.5, 0.6) is 5.75 Å². The number of anilines is 1. The SMILES string of the molecule is Cc1ccccc1OCc1ccc(Cc2ccccc2)c(NC(=O)C(C)c2cccc3ccccc23)c1. The highest BCUT2D eigenvalue weighted by Crippen LogP contribution is 2.29. The van der Waals surface area contributed by atoms with Crippen molar-refractivity contribution < 1.29 is 9.53 Å². The summed E-state index contributed by atoms with van der Waals surface area (Å²) in [7, 11) is 0. The van der Waals surface area contributed by atoms with Crippen LogP contribution in [0.25, 0.3) is 10.8 Å². The average molecular weight is 486 g/mol. The largest absolute Gasteiger partial charge is 0.489 e. The van der Waals surface area contributed by atoms with E-state index >= 15 is 0 Å². The Hall–Kier alpha value is -4.37. The molecule has 0 bridgehead atoms. The number of carbonyl (C=O) groups excluding carboxylic acids is 1. The third-order valence-corrected chi connectivity index (χ3v) is 6.84. The molecule has 5 aromatic rings. The van der Waals surface area contributed by atoms with E-state index in [9.17, 15) is 4.79 Å². The zero-order chi connectivity index (χ0) is 25.6. The predicted molar refractivity (Wildman–Crippen MR) is 152 cm³/mol. The van der Waals surface area contributed by atoms with Gasteiger partial charge in [-0.1, -0.05) is 103 Å². The van der Waals surface area contributed by atoms with E-state index in [0.29, 0.717) is 6.61 Å². The van der Waals surface area contributed by atoms with Gasteiger partial charge in [0.05, 0.1) is 5.92 Å². The molecule has 3 heteroatoms. The molecular weight excluding hydrogens is 454 g/mol. The van der Waals surface area contributed by atoms with Crippen molar-refractivity contribution in [1.29, 1.82) is 0 Å². The summed E-state index contributed by atoms with van der Waals surface area (Å²) in [5.74, 6) is 0.538. The van der Waals surface area contributed by atoms with Gasteiger partial charge in [-0.2, -0.15) is 0 Å². The molecule has 0 fully saturated rings. The third kappa shape index (κ3) is 5.73. The Morgan fingerprint density at radius 3 is 2.35 bits per heavy atom. The molecule has 0 saturated carbocycles. The molecule has 0 aliphatic rings. The number of aryl methyl sites for hydroxylation is 1. The Kier molecular flexibility index (Phi) is 7.32. The molecule has 0 aliphatic carbocycles. The van der Waals surface area contributed by atoms with Crippen LogP contribution in [0, 0.1) is 6.92 Å². The summed E-state index contributed by atoms with van der Waals surface area (Å²) >= 11 is 0. The quantitative estimate of drug-likeness (QED) is 0.241. The van der Waals surface area contributed by atoms with Crippen molar-refractivity contribution in [3.8, 4) is 5.75 Å². The van der Waals surface area contributed by atoms with Crippen molar-refractivity contribution in [1.82, 2.24) is 0 Å². The molecule has 37 heavy (non-hydrogen) atoms. The molecule has 1 N–H and O–H groups in total. The van der Waals surface area contributed by atoms with Crippen LogP contribution in [0.2, 0.25) is 0 Å². The minimum Gasteiger partial charge on any atom is -0.489 e. The molecule has 0 spiro atoms. The van der Waals surface area contributed by atoms with Gasteiger partial charge in [0.2, 0.25) is 5.91 Å². The molecule has 0 aromatic heterocycles. The highest BCUT2D eigenvalue weighted by atomic mass is 16.5. The number of hydrogen-bond acceptors (Lipinski definition) is 2. The molecule has 1 unspecified atom stereocenters. The zero-order valence-corrected chi connectivity index (χ0v) is 21.3. The Labute approximate surface area is 218 Å². The summed E-state index contributed by atoms with van der Waals surface area (Å²) in [5.41, 5.74) is 6.23. The van der Waals surface area contributed by atoms with Crippen molar-refractivity contribution in [3.63, 3.8) is 0 Å². The normalized spacial score (nSPS) is 11.7. The monoisotopic (exact) mass is 485 g/mol. The summed E-state index contributed by atoms with van der Waals surface area (Å²) in [4.78, 5) is 13.6. The van der Waals surface area contributed by atoms with E-state index in [0.717, 1.165) is 50.9 Å². The van der Waals surface area contributed by atoms with Crippen LogP contribution in [0.3, 0.4) is 0 Å². The van der Waals surface area contributed by atoms with E-state index in [1.807, 2.05) is 86.6 Å². The van der Waals surface area contributed by atoms with Gasteiger partial charge in [-0.05, 0) is 71.0 Å². The maximum absolute atomic E-state index is 13.6. The first-order valence-electron chi connectivity index (χ1n) is 12.7. The van der Waals surface area contributed by atoms with Crippen LogP contribution in [-0.2, 0) is 17.8 Å². The van der Waals surface area contributed by atoms with Gasteiger partial charge in [-0.3, -0.25) is 4.79 Å². The van der Waals surface area contributed by atoms with E-state index in [2.05, 4.69) is 47.8 Å². The topological polar surface area (TPSA) is 38.3 Å². The third-order valence-electron chi connectivity index (χ3n) is 6.84. The van der Waals surface area contributed by atoms with Crippen molar-refractivity contribution >= 4 is 22.4 Å².